The number of oxime groups is 1. The largest absolute Gasteiger partial charge is 0.458 e. The molecule has 1 aliphatic rings. The lowest BCUT2D eigenvalue weighted by atomic mass is 10.0. The molecule has 158 valence electrons. The summed E-state index contributed by atoms with van der Waals surface area (Å²) >= 11 is 0. The van der Waals surface area contributed by atoms with E-state index in [4.69, 9.17) is 0 Å². The van der Waals surface area contributed by atoms with E-state index in [1.165, 1.54) is 13.0 Å². The van der Waals surface area contributed by atoms with Gasteiger partial charge in [0.15, 0.2) is 0 Å². The van der Waals surface area contributed by atoms with Crippen molar-refractivity contribution in [2.75, 3.05) is 5.32 Å². The fourth-order valence-electron chi connectivity index (χ4n) is 2.78. The summed E-state index contributed by atoms with van der Waals surface area (Å²) in [7, 11) is 0. The zero-order chi connectivity index (χ0) is 21.9. The second kappa shape index (κ2) is 8.15. The highest BCUT2D eigenvalue weighted by Crippen LogP contribution is 2.38. The van der Waals surface area contributed by atoms with E-state index in [0.717, 1.165) is 0 Å². The van der Waals surface area contributed by atoms with Gasteiger partial charge in [-0.2, -0.15) is 13.2 Å². The molecule has 0 fully saturated rings. The minimum Gasteiger partial charge on any atom is -0.350 e. The first-order valence-electron chi connectivity index (χ1n) is 8.87. The Hall–Kier alpha value is -3.40. The topological polar surface area (TPSA) is 100 Å². The van der Waals surface area contributed by atoms with Gasteiger partial charge in [0.2, 0.25) is 5.91 Å². The van der Waals surface area contributed by atoms with Crippen molar-refractivity contribution < 1.29 is 32.7 Å². The molecule has 0 aliphatic carbocycles. The summed E-state index contributed by atoms with van der Waals surface area (Å²) in [6.07, 6.45) is -5.80. The van der Waals surface area contributed by atoms with Gasteiger partial charge >= 0.3 is 12.0 Å². The molecule has 10 heteroatoms. The van der Waals surface area contributed by atoms with E-state index < -0.39 is 18.4 Å². The number of hydrogen-bond acceptors (Lipinski definition) is 5. The normalized spacial score (nSPS) is 18.4. The third-order valence-electron chi connectivity index (χ3n) is 4.34. The predicted octanol–water partition coefficient (Wildman–Crippen LogP) is 2.95. The second-order valence-electron chi connectivity index (χ2n) is 6.73. The van der Waals surface area contributed by atoms with Gasteiger partial charge in [-0.15, -0.1) is 0 Å². The van der Waals surface area contributed by atoms with Crippen LogP contribution in [0.1, 0.15) is 34.8 Å². The van der Waals surface area contributed by atoms with Gasteiger partial charge in [0.1, 0.15) is 0 Å². The van der Waals surface area contributed by atoms with Crippen molar-refractivity contribution in [2.24, 2.45) is 5.16 Å². The van der Waals surface area contributed by atoms with Crippen molar-refractivity contribution in [3.05, 3.63) is 65.2 Å². The third-order valence-corrected chi connectivity index (χ3v) is 4.34. The van der Waals surface area contributed by atoms with Crippen LogP contribution in [0.5, 0.6) is 0 Å². The van der Waals surface area contributed by atoms with E-state index in [1.807, 2.05) is 0 Å². The third kappa shape index (κ3) is 4.77. The van der Waals surface area contributed by atoms with Gasteiger partial charge in [-0.05, 0) is 41.5 Å². The Bertz CT molecular complexity index is 990. The molecule has 3 rings (SSSR count). The van der Waals surface area contributed by atoms with Crippen LogP contribution in [0.3, 0.4) is 0 Å². The summed E-state index contributed by atoms with van der Waals surface area (Å²) < 4.78 is 38.6. The first-order chi connectivity index (χ1) is 14.1. The average molecular weight is 421 g/mol. The minimum absolute atomic E-state index is 0.0449. The predicted molar refractivity (Wildman–Crippen MR) is 102 cm³/mol. The molecule has 1 heterocycles. The standard InChI is InChI=1S/C20H18F3N3O4/c1-12(27)25-16-7-5-14(6-8-16)18(28)24-11-13-3-2-4-15(9-13)17-10-19(29,30-26-17)20(21,22)23/h2-9,29H,10-11H2,1H3,(H,24,28)(H,25,27). The second-order valence-corrected chi connectivity index (χ2v) is 6.73. The van der Waals surface area contributed by atoms with Crippen LogP contribution in [0.25, 0.3) is 0 Å². The minimum atomic E-state index is -4.97. The summed E-state index contributed by atoms with van der Waals surface area (Å²) in [6.45, 7) is 1.50. The molecule has 2 amide bonds. The van der Waals surface area contributed by atoms with Crippen molar-refractivity contribution in [3.63, 3.8) is 0 Å². The lowest BCUT2D eigenvalue weighted by Crippen LogP contribution is -2.45. The molecule has 0 saturated carbocycles. The Morgan fingerprint density at radius 1 is 1.20 bits per heavy atom. The molecule has 1 atom stereocenters. The molecule has 2 aromatic rings. The molecular formula is C20H18F3N3O4. The number of carbonyl (C=O) groups excluding carboxylic acids is 2. The van der Waals surface area contributed by atoms with Crippen LogP contribution in [-0.2, 0) is 16.2 Å². The van der Waals surface area contributed by atoms with Crippen LogP contribution in [0, 0.1) is 0 Å². The summed E-state index contributed by atoms with van der Waals surface area (Å²) in [5, 5.41) is 18.2. The van der Waals surface area contributed by atoms with Crippen molar-refractivity contribution in [1.82, 2.24) is 5.32 Å². The van der Waals surface area contributed by atoms with Crippen LogP contribution in [0.2, 0.25) is 0 Å². The highest BCUT2D eigenvalue weighted by Gasteiger charge is 2.60. The zero-order valence-electron chi connectivity index (χ0n) is 15.8. The number of nitrogens with one attached hydrogen (secondary N) is 2. The van der Waals surface area contributed by atoms with Gasteiger partial charge in [0.05, 0.1) is 12.1 Å². The molecule has 30 heavy (non-hydrogen) atoms. The van der Waals surface area contributed by atoms with Crippen LogP contribution >= 0.6 is 0 Å². The maximum Gasteiger partial charge on any atom is 0.458 e. The average Bonchev–Trinajstić information content (AvgIpc) is 3.10. The molecule has 0 radical (unpaired) electrons. The first kappa shape index (κ1) is 21.3. The van der Waals surface area contributed by atoms with Gasteiger partial charge < -0.3 is 20.6 Å². The summed E-state index contributed by atoms with van der Waals surface area (Å²) in [6, 6.07) is 12.7. The van der Waals surface area contributed by atoms with Crippen LogP contribution < -0.4 is 10.6 Å². The summed E-state index contributed by atoms with van der Waals surface area (Å²) in [4.78, 5) is 27.5. The van der Waals surface area contributed by atoms with Crippen molar-refractivity contribution >= 4 is 23.2 Å². The number of alkyl halides is 3. The van der Waals surface area contributed by atoms with Gasteiger partial charge in [0, 0.05) is 24.7 Å². The molecule has 2 aromatic carbocycles. The van der Waals surface area contributed by atoms with E-state index in [9.17, 15) is 27.9 Å². The number of nitrogens with zero attached hydrogens (tertiary/aromatic N) is 1. The van der Waals surface area contributed by atoms with Gasteiger partial charge in [-0.1, -0.05) is 23.4 Å². The smallest absolute Gasteiger partial charge is 0.350 e. The number of aliphatic hydroxyl groups is 1. The molecule has 0 bridgehead atoms. The maximum atomic E-state index is 12.9. The van der Waals surface area contributed by atoms with E-state index in [2.05, 4.69) is 20.6 Å². The number of benzene rings is 2. The number of carbonyl (C=O) groups is 2. The SMILES string of the molecule is CC(=O)Nc1ccc(C(=O)NCc2cccc(C3=NOC(O)(C(F)(F)F)C3)c2)cc1. The fraction of sp³-hybridized carbons (Fsp3) is 0.250. The Labute approximate surface area is 169 Å². The molecule has 1 aliphatic heterocycles. The van der Waals surface area contributed by atoms with E-state index >= 15 is 0 Å². The highest BCUT2D eigenvalue weighted by atomic mass is 19.4. The Morgan fingerprint density at radius 2 is 1.90 bits per heavy atom. The van der Waals surface area contributed by atoms with Crippen LogP contribution in [0.4, 0.5) is 18.9 Å². The molecule has 0 saturated heterocycles. The highest BCUT2D eigenvalue weighted by molar-refractivity contribution is 6.01. The van der Waals surface area contributed by atoms with E-state index in [-0.39, 0.29) is 24.1 Å². The number of anilines is 1. The maximum absolute atomic E-state index is 12.9. The van der Waals surface area contributed by atoms with Gasteiger partial charge in [0.25, 0.3) is 5.91 Å². The lowest BCUT2D eigenvalue weighted by Gasteiger charge is -2.22. The van der Waals surface area contributed by atoms with E-state index in [1.54, 1.807) is 42.5 Å². The quantitative estimate of drug-likeness (QED) is 0.691. The van der Waals surface area contributed by atoms with Crippen molar-refractivity contribution in [2.45, 2.75) is 31.9 Å². The molecule has 7 nitrogen and oxygen atoms in total. The molecular weight excluding hydrogens is 403 g/mol. The Balaban J connectivity index is 1.62. The zero-order valence-corrected chi connectivity index (χ0v) is 15.8. The van der Waals surface area contributed by atoms with Crippen molar-refractivity contribution in [3.8, 4) is 0 Å². The Kier molecular flexibility index (Phi) is 5.79. The van der Waals surface area contributed by atoms with Gasteiger partial charge in [-0.25, -0.2) is 0 Å². The number of hydrogen-bond donors (Lipinski definition) is 3. The van der Waals surface area contributed by atoms with Crippen molar-refractivity contribution in [1.29, 1.82) is 0 Å². The van der Waals surface area contributed by atoms with Crippen LogP contribution in [-0.4, -0.2) is 34.6 Å². The van der Waals surface area contributed by atoms with Crippen LogP contribution in [0.15, 0.2) is 53.7 Å². The number of amides is 2. The first-order valence-corrected chi connectivity index (χ1v) is 8.87. The summed E-state index contributed by atoms with van der Waals surface area (Å²) in [5.41, 5.74) is 1.87. The molecule has 0 spiro atoms. The molecule has 1 unspecified atom stereocenters. The lowest BCUT2D eigenvalue weighted by molar-refractivity contribution is -0.355. The summed E-state index contributed by atoms with van der Waals surface area (Å²) in [5.74, 6) is -3.92. The Morgan fingerprint density at radius 3 is 2.50 bits per heavy atom. The fourth-order valence-corrected chi connectivity index (χ4v) is 2.78. The molecule has 0 aromatic heterocycles. The molecule has 3 N–H and O–H groups in total. The number of rotatable bonds is 5. The number of halogens is 3. The van der Waals surface area contributed by atoms with Gasteiger partial charge in [-0.3, -0.25) is 9.59 Å². The van der Waals surface area contributed by atoms with E-state index in [0.29, 0.717) is 22.4 Å². The monoisotopic (exact) mass is 421 g/mol.